The fraction of sp³-hybridized carbons (Fsp3) is 0.438. The SMILES string of the molecule is Cc1cc([C@H]2CCCN2Cc2ccc(Sc3nncn3C)o2)on1. The standard InChI is InChI=1S/C16H19N5O2S/c1-11-8-14(23-19-11)13-4-3-7-21(13)9-12-5-6-15(22-12)24-16-18-17-10-20(16)2/h5-6,8,10,13H,3-4,7,9H2,1-2H3/t13-/m1/s1. The first-order valence-electron chi connectivity index (χ1n) is 7.97. The van der Waals surface area contributed by atoms with Crippen molar-refractivity contribution in [2.45, 2.75) is 42.6 Å². The van der Waals surface area contributed by atoms with Gasteiger partial charge in [0.25, 0.3) is 0 Å². The Labute approximate surface area is 144 Å². The second-order valence-electron chi connectivity index (χ2n) is 6.05. The summed E-state index contributed by atoms with van der Waals surface area (Å²) in [6.07, 6.45) is 3.93. The zero-order chi connectivity index (χ0) is 16.5. The highest BCUT2D eigenvalue weighted by molar-refractivity contribution is 7.99. The molecule has 8 heteroatoms. The lowest BCUT2D eigenvalue weighted by Crippen LogP contribution is -2.22. The molecule has 0 N–H and O–H groups in total. The number of furan rings is 1. The molecule has 0 radical (unpaired) electrons. The zero-order valence-electron chi connectivity index (χ0n) is 13.7. The van der Waals surface area contributed by atoms with Gasteiger partial charge in [0.2, 0.25) is 0 Å². The van der Waals surface area contributed by atoms with Crippen LogP contribution in [0.25, 0.3) is 0 Å². The Hall–Kier alpha value is -2.06. The van der Waals surface area contributed by atoms with E-state index in [1.807, 2.05) is 36.7 Å². The molecule has 4 heterocycles. The molecule has 126 valence electrons. The fourth-order valence-corrected chi connectivity index (χ4v) is 3.77. The molecule has 0 aliphatic carbocycles. The first-order valence-corrected chi connectivity index (χ1v) is 8.78. The smallest absolute Gasteiger partial charge is 0.198 e. The van der Waals surface area contributed by atoms with Gasteiger partial charge in [-0.05, 0) is 50.2 Å². The maximum Gasteiger partial charge on any atom is 0.198 e. The van der Waals surface area contributed by atoms with Crippen molar-refractivity contribution in [3.63, 3.8) is 0 Å². The van der Waals surface area contributed by atoms with Crippen LogP contribution in [0.5, 0.6) is 0 Å². The predicted molar refractivity (Wildman–Crippen MR) is 87.5 cm³/mol. The van der Waals surface area contributed by atoms with Crippen molar-refractivity contribution in [3.8, 4) is 0 Å². The Bertz CT molecular complexity index is 824. The molecule has 0 bridgehead atoms. The Balaban J connectivity index is 1.44. The van der Waals surface area contributed by atoms with E-state index in [0.717, 1.165) is 53.4 Å². The van der Waals surface area contributed by atoms with Gasteiger partial charge in [0, 0.05) is 13.1 Å². The number of rotatable bonds is 5. The second kappa shape index (κ2) is 6.45. The summed E-state index contributed by atoms with van der Waals surface area (Å²) < 4.78 is 13.3. The highest BCUT2D eigenvalue weighted by Gasteiger charge is 2.29. The summed E-state index contributed by atoms with van der Waals surface area (Å²) in [5.74, 6) is 1.90. The van der Waals surface area contributed by atoms with Crippen LogP contribution >= 0.6 is 11.8 Å². The lowest BCUT2D eigenvalue weighted by atomic mass is 10.1. The number of aryl methyl sites for hydroxylation is 2. The van der Waals surface area contributed by atoms with Crippen LogP contribution in [0.3, 0.4) is 0 Å². The van der Waals surface area contributed by atoms with E-state index in [2.05, 4.69) is 20.3 Å². The van der Waals surface area contributed by atoms with E-state index in [4.69, 9.17) is 8.94 Å². The Kier molecular flexibility index (Phi) is 4.15. The molecule has 24 heavy (non-hydrogen) atoms. The summed E-state index contributed by atoms with van der Waals surface area (Å²) in [6, 6.07) is 6.32. The summed E-state index contributed by atoms with van der Waals surface area (Å²) in [5, 5.41) is 13.6. The van der Waals surface area contributed by atoms with Crippen molar-refractivity contribution in [1.29, 1.82) is 0 Å². The molecule has 1 atom stereocenters. The molecular weight excluding hydrogens is 326 g/mol. The Morgan fingerprint density at radius 1 is 1.38 bits per heavy atom. The molecule has 1 aliphatic rings. The van der Waals surface area contributed by atoms with Crippen LogP contribution in [0.2, 0.25) is 0 Å². The minimum absolute atomic E-state index is 0.283. The first kappa shape index (κ1) is 15.5. The average molecular weight is 345 g/mol. The number of aromatic nitrogens is 4. The first-order chi connectivity index (χ1) is 11.7. The second-order valence-corrected chi connectivity index (χ2v) is 7.02. The van der Waals surface area contributed by atoms with Crippen LogP contribution in [0.4, 0.5) is 0 Å². The van der Waals surface area contributed by atoms with E-state index < -0.39 is 0 Å². The quantitative estimate of drug-likeness (QED) is 0.703. The molecule has 1 saturated heterocycles. The van der Waals surface area contributed by atoms with Crippen LogP contribution in [0.15, 0.2) is 43.7 Å². The topological polar surface area (TPSA) is 73.1 Å². The molecule has 1 aliphatic heterocycles. The molecule has 3 aromatic rings. The van der Waals surface area contributed by atoms with Gasteiger partial charge in [-0.3, -0.25) is 4.90 Å². The van der Waals surface area contributed by atoms with Crippen LogP contribution < -0.4 is 0 Å². The highest BCUT2D eigenvalue weighted by atomic mass is 32.2. The van der Waals surface area contributed by atoms with Gasteiger partial charge in [-0.1, -0.05) is 5.16 Å². The molecule has 0 spiro atoms. The van der Waals surface area contributed by atoms with E-state index in [1.165, 1.54) is 11.8 Å². The molecule has 3 aromatic heterocycles. The average Bonchev–Trinajstić information content (AvgIpc) is 3.31. The third-order valence-corrected chi connectivity index (χ3v) is 5.17. The number of nitrogens with zero attached hydrogens (tertiary/aromatic N) is 5. The summed E-state index contributed by atoms with van der Waals surface area (Å²) in [6.45, 7) is 3.76. The maximum absolute atomic E-state index is 5.96. The van der Waals surface area contributed by atoms with Gasteiger partial charge in [-0.15, -0.1) is 10.2 Å². The van der Waals surface area contributed by atoms with Crippen LogP contribution in [0, 0.1) is 6.92 Å². The summed E-state index contributed by atoms with van der Waals surface area (Å²) in [4.78, 5) is 2.38. The lowest BCUT2D eigenvalue weighted by Gasteiger charge is -2.20. The van der Waals surface area contributed by atoms with E-state index in [0.29, 0.717) is 0 Å². The molecule has 1 fully saturated rings. The largest absolute Gasteiger partial charge is 0.453 e. The van der Waals surface area contributed by atoms with Gasteiger partial charge in [0.05, 0.1) is 18.3 Å². The van der Waals surface area contributed by atoms with E-state index >= 15 is 0 Å². The summed E-state index contributed by atoms with van der Waals surface area (Å²) in [7, 11) is 1.92. The molecule has 0 aromatic carbocycles. The Morgan fingerprint density at radius 2 is 2.29 bits per heavy atom. The maximum atomic E-state index is 5.96. The summed E-state index contributed by atoms with van der Waals surface area (Å²) in [5.41, 5.74) is 0.928. The third-order valence-electron chi connectivity index (χ3n) is 4.20. The van der Waals surface area contributed by atoms with Gasteiger partial charge >= 0.3 is 0 Å². The number of hydrogen-bond donors (Lipinski definition) is 0. The highest BCUT2D eigenvalue weighted by Crippen LogP contribution is 2.34. The van der Waals surface area contributed by atoms with Crippen LogP contribution in [0.1, 0.15) is 36.1 Å². The Morgan fingerprint density at radius 3 is 3.04 bits per heavy atom. The minimum Gasteiger partial charge on any atom is -0.453 e. The fourth-order valence-electron chi connectivity index (χ4n) is 3.03. The number of hydrogen-bond acceptors (Lipinski definition) is 7. The molecule has 0 unspecified atom stereocenters. The number of likely N-dealkylation sites (tertiary alicyclic amines) is 1. The van der Waals surface area contributed by atoms with E-state index in [1.54, 1.807) is 6.33 Å². The molecular formula is C16H19N5O2S. The normalized spacial score (nSPS) is 18.5. The monoisotopic (exact) mass is 345 g/mol. The van der Waals surface area contributed by atoms with Crippen molar-refractivity contribution in [1.82, 2.24) is 24.8 Å². The van der Waals surface area contributed by atoms with Crippen molar-refractivity contribution in [2.24, 2.45) is 7.05 Å². The van der Waals surface area contributed by atoms with Gasteiger partial charge in [-0.2, -0.15) is 0 Å². The molecule has 4 rings (SSSR count). The predicted octanol–water partition coefficient (Wildman–Crippen LogP) is 3.19. The van der Waals surface area contributed by atoms with Gasteiger partial charge in [-0.25, -0.2) is 0 Å². The van der Waals surface area contributed by atoms with E-state index in [9.17, 15) is 0 Å². The van der Waals surface area contributed by atoms with Gasteiger partial charge in [0.15, 0.2) is 16.0 Å². The summed E-state index contributed by atoms with van der Waals surface area (Å²) >= 11 is 1.48. The van der Waals surface area contributed by atoms with Crippen LogP contribution in [-0.4, -0.2) is 31.4 Å². The van der Waals surface area contributed by atoms with Crippen molar-refractivity contribution in [2.75, 3.05) is 6.54 Å². The van der Waals surface area contributed by atoms with Crippen molar-refractivity contribution in [3.05, 3.63) is 41.7 Å². The van der Waals surface area contributed by atoms with E-state index in [-0.39, 0.29) is 6.04 Å². The molecule has 0 saturated carbocycles. The van der Waals surface area contributed by atoms with Gasteiger partial charge in [0.1, 0.15) is 12.1 Å². The van der Waals surface area contributed by atoms with Crippen LogP contribution in [-0.2, 0) is 13.6 Å². The van der Waals surface area contributed by atoms with Gasteiger partial charge < -0.3 is 13.5 Å². The third kappa shape index (κ3) is 3.11. The minimum atomic E-state index is 0.283. The lowest BCUT2D eigenvalue weighted by molar-refractivity contribution is 0.190. The van der Waals surface area contributed by atoms with Crippen molar-refractivity contribution >= 4 is 11.8 Å². The molecule has 0 amide bonds. The molecule has 7 nitrogen and oxygen atoms in total. The van der Waals surface area contributed by atoms with Crippen molar-refractivity contribution < 1.29 is 8.94 Å². The zero-order valence-corrected chi connectivity index (χ0v) is 14.5.